The number of nitrogen functional groups attached to an aromatic ring is 2. The highest BCUT2D eigenvalue weighted by atomic mass is 32.5. The second kappa shape index (κ2) is 11.1. The van der Waals surface area contributed by atoms with Crippen LogP contribution in [-0.2, 0) is 43.9 Å². The smallest absolute Gasteiger partial charge is 0.383 e. The van der Waals surface area contributed by atoms with Crippen LogP contribution in [0.25, 0.3) is 22.2 Å². The van der Waals surface area contributed by atoms with Crippen molar-refractivity contribution >= 4 is 60.3 Å². The molecule has 2 bridgehead atoms. The Labute approximate surface area is 254 Å². The van der Waals surface area contributed by atoms with Gasteiger partial charge in [-0.15, -0.1) is 0 Å². The summed E-state index contributed by atoms with van der Waals surface area (Å²) in [6.07, 6.45) is -7.17. The lowest BCUT2D eigenvalue weighted by molar-refractivity contribution is -0.0639. The van der Waals surface area contributed by atoms with Gasteiger partial charge in [0.15, 0.2) is 35.0 Å². The number of rotatable bonds is 2. The molecule has 3 aliphatic rings. The summed E-state index contributed by atoms with van der Waals surface area (Å²) in [7, 11) is -5.10. The largest absolute Gasteiger partial charge is 0.472 e. The summed E-state index contributed by atoms with van der Waals surface area (Å²) in [5.74, 6) is -1.12. The SMILES string of the molecule is Nc1nc2c(ncn2[C@@H]2O[C@@H]3COP(O)(=S)O[C@H]4C[C@H](n5cc(F)c6c(N)ncnc65)O[C@@H]4COP(=O)(O)O[C@@H]2[C@@H]3F)c(=O)[nH]1. The number of hydrogen-bond acceptors (Lipinski definition) is 15. The van der Waals surface area contributed by atoms with Crippen LogP contribution in [0.2, 0.25) is 0 Å². The molecule has 45 heavy (non-hydrogen) atoms. The molecule has 7 N–H and O–H groups in total. The number of fused-ring (bicyclic) bond motifs is 5. The van der Waals surface area contributed by atoms with E-state index in [2.05, 4.69) is 24.9 Å². The zero-order chi connectivity index (χ0) is 31.8. The first-order valence-electron chi connectivity index (χ1n) is 13.1. The second-order valence-corrected chi connectivity index (χ2v) is 14.4. The number of hydrogen-bond donors (Lipinski definition) is 5. The molecule has 24 heteroatoms. The minimum absolute atomic E-state index is 0.0525. The molecule has 0 amide bonds. The molecule has 4 aromatic heterocycles. The monoisotopic (exact) mass is 693 g/mol. The number of H-pyrrole nitrogens is 1. The van der Waals surface area contributed by atoms with E-state index in [9.17, 15) is 23.5 Å². The molecule has 9 atom stereocenters. The van der Waals surface area contributed by atoms with Gasteiger partial charge in [0, 0.05) is 12.6 Å². The number of phosphoric acid groups is 1. The zero-order valence-corrected chi connectivity index (χ0v) is 25.1. The summed E-state index contributed by atoms with van der Waals surface area (Å²) in [6, 6.07) is 0. The molecule has 7 heterocycles. The molecule has 3 fully saturated rings. The average molecular weight is 693 g/mol. The number of nitrogens with one attached hydrogen (secondary N) is 1. The number of phosphoric ester groups is 1. The van der Waals surface area contributed by atoms with E-state index < -0.39 is 82.2 Å². The van der Waals surface area contributed by atoms with Gasteiger partial charge < -0.3 is 44.3 Å². The summed E-state index contributed by atoms with van der Waals surface area (Å²) in [4.78, 5) is 51.9. The third kappa shape index (κ3) is 5.55. The molecule has 0 radical (unpaired) electrons. The van der Waals surface area contributed by atoms with Crippen molar-refractivity contribution in [3.05, 3.63) is 35.0 Å². The fourth-order valence-electron chi connectivity index (χ4n) is 5.43. The average Bonchev–Trinajstić information content (AvgIpc) is 3.71. The van der Waals surface area contributed by atoms with Gasteiger partial charge in [0.1, 0.15) is 36.7 Å². The lowest BCUT2D eigenvalue weighted by Gasteiger charge is -2.26. The quantitative estimate of drug-likeness (QED) is 0.179. The van der Waals surface area contributed by atoms with Gasteiger partial charge in [-0.05, 0) is 11.8 Å². The van der Waals surface area contributed by atoms with Crippen molar-refractivity contribution in [1.82, 2.24) is 34.1 Å². The number of ether oxygens (including phenoxy) is 2. The van der Waals surface area contributed by atoms with Crippen LogP contribution in [0.1, 0.15) is 18.9 Å². The van der Waals surface area contributed by atoms with E-state index in [-0.39, 0.29) is 40.4 Å². The molecular weight excluding hydrogens is 670 g/mol. The first kappa shape index (κ1) is 30.6. The number of nitrogens with two attached hydrogens (primary N) is 2. The van der Waals surface area contributed by atoms with E-state index in [1.165, 1.54) is 4.57 Å². The minimum Gasteiger partial charge on any atom is -0.383 e. The van der Waals surface area contributed by atoms with E-state index in [1.54, 1.807) is 0 Å². The maximum Gasteiger partial charge on any atom is 0.472 e. The Balaban J connectivity index is 1.19. The Hall–Kier alpha value is -3.01. The second-order valence-electron chi connectivity index (χ2n) is 10.2. The van der Waals surface area contributed by atoms with Gasteiger partial charge in [0.2, 0.25) is 5.95 Å². The highest BCUT2D eigenvalue weighted by Crippen LogP contribution is 2.54. The predicted molar refractivity (Wildman–Crippen MR) is 150 cm³/mol. The summed E-state index contributed by atoms with van der Waals surface area (Å²) < 4.78 is 79.3. The molecule has 0 spiro atoms. The van der Waals surface area contributed by atoms with Crippen LogP contribution in [0.5, 0.6) is 0 Å². The Kier molecular flexibility index (Phi) is 7.53. The van der Waals surface area contributed by atoms with E-state index in [4.69, 9.17) is 50.8 Å². The Morgan fingerprint density at radius 3 is 2.62 bits per heavy atom. The van der Waals surface area contributed by atoms with Gasteiger partial charge in [-0.3, -0.25) is 23.4 Å². The topological polar surface area (TPSA) is 259 Å². The third-order valence-corrected chi connectivity index (χ3v) is 9.97. The normalized spacial score (nSPS) is 36.0. The molecule has 0 saturated carbocycles. The highest BCUT2D eigenvalue weighted by molar-refractivity contribution is 8.07. The van der Waals surface area contributed by atoms with Crippen LogP contribution in [0.15, 0.2) is 23.6 Å². The number of imidazole rings is 1. The summed E-state index contributed by atoms with van der Waals surface area (Å²) >= 11 is 5.17. The molecule has 3 saturated heterocycles. The summed E-state index contributed by atoms with van der Waals surface area (Å²) in [5, 5.41) is -0.0525. The van der Waals surface area contributed by atoms with Crippen molar-refractivity contribution in [2.75, 3.05) is 24.7 Å². The van der Waals surface area contributed by atoms with Crippen LogP contribution in [0.3, 0.4) is 0 Å². The van der Waals surface area contributed by atoms with E-state index in [0.717, 1.165) is 23.4 Å². The molecule has 0 aliphatic carbocycles. The molecular formula is C21H23F2N9O10P2S. The Morgan fingerprint density at radius 1 is 1.04 bits per heavy atom. The Bertz CT molecular complexity index is 1960. The lowest BCUT2D eigenvalue weighted by Crippen LogP contribution is -2.32. The lowest BCUT2D eigenvalue weighted by atomic mass is 10.1. The number of aromatic amines is 1. The van der Waals surface area contributed by atoms with Gasteiger partial charge >= 0.3 is 14.5 Å². The minimum atomic E-state index is -5.10. The van der Waals surface area contributed by atoms with Crippen LogP contribution < -0.4 is 17.0 Å². The maximum atomic E-state index is 15.8. The molecule has 4 aromatic rings. The molecule has 0 aromatic carbocycles. The van der Waals surface area contributed by atoms with Gasteiger partial charge in [-0.2, -0.15) is 4.98 Å². The number of aromatic nitrogens is 7. The first-order chi connectivity index (χ1) is 21.3. The number of anilines is 2. The third-order valence-electron chi connectivity index (χ3n) is 7.40. The standard InChI is InChI=1S/C21H23F2N9O10P2S/c22-7-2-31(17-12(7)16(24)26-5-27-17)11-1-8-9(39-11)3-37-43(34,35)42-15-13(23)10(4-38-44(36,45)41-8)40-20(15)32-6-28-14-18(32)29-21(25)30-19(14)33/h2,5-6,8-11,13,15,20H,1,3-4H2,(H,34,35)(H,36,45)(H2,24,26,27)(H3,25,29,30,33)/t8-,9+,10+,11+,13+,15+,20+,44?/m0/s1. The molecule has 2 unspecified atom stereocenters. The van der Waals surface area contributed by atoms with E-state index in [0.29, 0.717) is 0 Å². The summed E-state index contributed by atoms with van der Waals surface area (Å²) in [6.45, 7) is -5.53. The summed E-state index contributed by atoms with van der Waals surface area (Å²) in [5.41, 5.74) is 10.5. The van der Waals surface area contributed by atoms with Gasteiger partial charge in [-0.25, -0.2) is 28.3 Å². The molecule has 242 valence electrons. The van der Waals surface area contributed by atoms with Crippen molar-refractivity contribution < 1.29 is 50.7 Å². The van der Waals surface area contributed by atoms with Crippen molar-refractivity contribution in [1.29, 1.82) is 0 Å². The van der Waals surface area contributed by atoms with Gasteiger partial charge in [-0.1, -0.05) is 0 Å². The fourth-order valence-corrected chi connectivity index (χ4v) is 7.83. The number of halogens is 2. The van der Waals surface area contributed by atoms with Crippen LogP contribution in [0.4, 0.5) is 20.5 Å². The van der Waals surface area contributed by atoms with Crippen molar-refractivity contribution in [2.45, 2.75) is 49.5 Å². The van der Waals surface area contributed by atoms with Crippen LogP contribution in [-0.4, -0.2) is 87.6 Å². The predicted octanol–water partition coefficient (Wildman–Crippen LogP) is 0.525. The van der Waals surface area contributed by atoms with E-state index in [1.807, 2.05) is 0 Å². The van der Waals surface area contributed by atoms with Crippen molar-refractivity contribution in [2.24, 2.45) is 0 Å². The van der Waals surface area contributed by atoms with Crippen LogP contribution in [0, 0.1) is 5.82 Å². The van der Waals surface area contributed by atoms with Crippen LogP contribution >= 0.6 is 14.5 Å². The molecule has 7 rings (SSSR count). The molecule has 3 aliphatic heterocycles. The van der Waals surface area contributed by atoms with E-state index >= 15 is 4.39 Å². The number of alkyl halides is 1. The number of nitrogens with zero attached hydrogens (tertiary/aromatic N) is 6. The highest BCUT2D eigenvalue weighted by Gasteiger charge is 2.52. The van der Waals surface area contributed by atoms with Crippen molar-refractivity contribution in [3.63, 3.8) is 0 Å². The Morgan fingerprint density at radius 2 is 1.82 bits per heavy atom. The first-order valence-corrected chi connectivity index (χ1v) is 17.1. The molecule has 19 nitrogen and oxygen atoms in total. The fraction of sp³-hybridized carbons (Fsp3) is 0.476. The van der Waals surface area contributed by atoms with Crippen molar-refractivity contribution in [3.8, 4) is 0 Å². The van der Waals surface area contributed by atoms with Gasteiger partial charge in [0.25, 0.3) is 5.56 Å². The zero-order valence-electron chi connectivity index (χ0n) is 22.5. The maximum absolute atomic E-state index is 15.8. The van der Waals surface area contributed by atoms with Gasteiger partial charge in [0.05, 0.1) is 31.0 Å².